The Morgan fingerprint density at radius 1 is 1.15 bits per heavy atom. The van der Waals surface area contributed by atoms with Gasteiger partial charge < -0.3 is 19.5 Å². The third-order valence-corrected chi connectivity index (χ3v) is 4.28. The molecule has 2 aromatic rings. The van der Waals surface area contributed by atoms with Crippen molar-refractivity contribution >= 4 is 17.6 Å². The molecule has 1 amide bonds. The second-order valence-corrected chi connectivity index (χ2v) is 6.07. The van der Waals surface area contributed by atoms with Gasteiger partial charge in [-0.3, -0.25) is 4.79 Å². The number of anilines is 1. The normalized spacial score (nSPS) is 12.6. The summed E-state index contributed by atoms with van der Waals surface area (Å²) in [5.41, 5.74) is 3.69. The molecule has 1 N–H and O–H groups in total. The predicted octanol–water partition coefficient (Wildman–Crippen LogP) is 3.06. The van der Waals surface area contributed by atoms with Crippen LogP contribution in [0.4, 0.5) is 5.69 Å². The van der Waals surface area contributed by atoms with Crippen molar-refractivity contribution in [2.45, 2.75) is 20.3 Å². The van der Waals surface area contributed by atoms with Crippen molar-refractivity contribution in [1.29, 1.82) is 0 Å². The van der Waals surface area contributed by atoms with Crippen molar-refractivity contribution in [3.05, 3.63) is 53.1 Å². The number of hydrogen-bond donors (Lipinski definition) is 1. The molecule has 2 aromatic carbocycles. The number of fused-ring (bicyclic) bond motifs is 1. The van der Waals surface area contributed by atoms with Crippen molar-refractivity contribution < 1.29 is 24.2 Å². The summed E-state index contributed by atoms with van der Waals surface area (Å²) < 4.78 is 10.8. The topological polar surface area (TPSA) is 76.1 Å². The number of benzene rings is 2. The van der Waals surface area contributed by atoms with E-state index < -0.39 is 12.6 Å². The highest BCUT2D eigenvalue weighted by Gasteiger charge is 2.27. The van der Waals surface area contributed by atoms with Gasteiger partial charge in [-0.05, 0) is 49.6 Å². The maximum absolute atomic E-state index is 13.0. The van der Waals surface area contributed by atoms with Crippen molar-refractivity contribution in [3.63, 3.8) is 0 Å². The van der Waals surface area contributed by atoms with Gasteiger partial charge in [-0.25, -0.2) is 4.79 Å². The lowest BCUT2D eigenvalue weighted by Crippen LogP contribution is -2.29. The summed E-state index contributed by atoms with van der Waals surface area (Å²) in [6.07, 6.45) is 0.834. The highest BCUT2D eigenvalue weighted by atomic mass is 16.5. The fourth-order valence-corrected chi connectivity index (χ4v) is 3.18. The van der Waals surface area contributed by atoms with Gasteiger partial charge in [0, 0.05) is 12.1 Å². The van der Waals surface area contributed by atoms with E-state index in [9.17, 15) is 9.59 Å². The van der Waals surface area contributed by atoms with Crippen LogP contribution in [0.15, 0.2) is 36.4 Å². The molecule has 1 aliphatic rings. The van der Waals surface area contributed by atoms with Gasteiger partial charge >= 0.3 is 5.97 Å². The number of carbonyl (C=O) groups excluding carboxylic acids is 1. The van der Waals surface area contributed by atoms with Crippen molar-refractivity contribution in [1.82, 2.24) is 0 Å². The molecule has 136 valence electrons. The van der Waals surface area contributed by atoms with Crippen LogP contribution in [0.1, 0.15) is 28.4 Å². The van der Waals surface area contributed by atoms with Gasteiger partial charge in [0.2, 0.25) is 0 Å². The van der Waals surface area contributed by atoms with Crippen LogP contribution in [0.25, 0.3) is 0 Å². The van der Waals surface area contributed by atoms with Crippen LogP contribution >= 0.6 is 0 Å². The monoisotopic (exact) mass is 355 g/mol. The van der Waals surface area contributed by atoms with Crippen molar-refractivity contribution in [2.75, 3.05) is 24.7 Å². The number of carbonyl (C=O) groups is 2. The van der Waals surface area contributed by atoms with E-state index in [0.717, 1.165) is 17.7 Å². The zero-order chi connectivity index (χ0) is 18.7. The fraction of sp³-hybridized carbons (Fsp3) is 0.300. The standard InChI is InChI=1S/C20H21NO5/c1-3-25-17-11-15(7-8-16(17)26-12-18(22)23)20(24)21-10-9-14-6-4-5-13(2)19(14)21/h4-8,11H,3,9-10,12H2,1-2H3,(H,22,23). The Balaban J connectivity index is 1.89. The van der Waals surface area contributed by atoms with Crippen molar-refractivity contribution in [2.24, 2.45) is 0 Å². The highest BCUT2D eigenvalue weighted by Crippen LogP contribution is 2.34. The van der Waals surface area contributed by atoms with Crippen LogP contribution in [-0.4, -0.2) is 36.7 Å². The summed E-state index contributed by atoms with van der Waals surface area (Å²) in [7, 11) is 0. The summed E-state index contributed by atoms with van der Waals surface area (Å²) in [5, 5.41) is 8.77. The minimum absolute atomic E-state index is 0.108. The van der Waals surface area contributed by atoms with Crippen LogP contribution in [0.3, 0.4) is 0 Å². The smallest absolute Gasteiger partial charge is 0.341 e. The van der Waals surface area contributed by atoms with E-state index in [1.165, 1.54) is 5.56 Å². The number of rotatable bonds is 6. The third kappa shape index (κ3) is 3.49. The first-order valence-electron chi connectivity index (χ1n) is 8.53. The van der Waals surface area contributed by atoms with Crippen LogP contribution in [-0.2, 0) is 11.2 Å². The van der Waals surface area contributed by atoms with Gasteiger partial charge in [-0.2, -0.15) is 0 Å². The number of hydrogen-bond acceptors (Lipinski definition) is 4. The molecule has 0 radical (unpaired) electrons. The molecule has 0 saturated heterocycles. The maximum Gasteiger partial charge on any atom is 0.341 e. The molecule has 0 fully saturated rings. The first kappa shape index (κ1) is 17.8. The fourth-order valence-electron chi connectivity index (χ4n) is 3.18. The molecule has 6 heteroatoms. The quantitative estimate of drug-likeness (QED) is 0.862. The largest absolute Gasteiger partial charge is 0.490 e. The summed E-state index contributed by atoms with van der Waals surface area (Å²) in [4.78, 5) is 25.5. The second kappa shape index (κ2) is 7.47. The Labute approximate surface area is 152 Å². The predicted molar refractivity (Wildman–Crippen MR) is 97.3 cm³/mol. The SMILES string of the molecule is CCOc1cc(C(=O)N2CCc3cccc(C)c32)ccc1OCC(=O)O. The molecule has 26 heavy (non-hydrogen) atoms. The molecule has 3 rings (SSSR count). The molecule has 1 heterocycles. The summed E-state index contributed by atoms with van der Waals surface area (Å²) in [5.74, 6) is -0.506. The molecular weight excluding hydrogens is 334 g/mol. The number of carboxylic acids is 1. The second-order valence-electron chi connectivity index (χ2n) is 6.07. The van der Waals surface area contributed by atoms with Gasteiger partial charge in [0.05, 0.1) is 12.3 Å². The van der Waals surface area contributed by atoms with E-state index in [-0.39, 0.29) is 5.91 Å². The number of aliphatic carboxylic acids is 1. The number of ether oxygens (including phenoxy) is 2. The Morgan fingerprint density at radius 2 is 1.96 bits per heavy atom. The zero-order valence-corrected chi connectivity index (χ0v) is 14.8. The van der Waals surface area contributed by atoms with Crippen LogP contribution in [0.2, 0.25) is 0 Å². The van der Waals surface area contributed by atoms with E-state index in [2.05, 4.69) is 0 Å². The molecular formula is C20H21NO5. The molecule has 0 aliphatic carbocycles. The Hall–Kier alpha value is -3.02. The maximum atomic E-state index is 13.0. The first-order chi connectivity index (χ1) is 12.5. The van der Waals surface area contributed by atoms with Crippen LogP contribution in [0, 0.1) is 6.92 Å². The molecule has 0 bridgehead atoms. The molecule has 1 aliphatic heterocycles. The summed E-state index contributed by atoms with van der Waals surface area (Å²) in [6.45, 7) is 4.37. The highest BCUT2D eigenvalue weighted by molar-refractivity contribution is 6.08. The number of aryl methyl sites for hydroxylation is 1. The van der Waals surface area contributed by atoms with Gasteiger partial charge in [0.15, 0.2) is 18.1 Å². The molecule has 0 saturated carbocycles. The first-order valence-corrected chi connectivity index (χ1v) is 8.53. The Morgan fingerprint density at radius 3 is 2.69 bits per heavy atom. The number of nitrogens with zero attached hydrogens (tertiary/aromatic N) is 1. The minimum Gasteiger partial charge on any atom is -0.490 e. The molecule has 0 unspecified atom stereocenters. The molecule has 0 aromatic heterocycles. The van der Waals surface area contributed by atoms with E-state index in [4.69, 9.17) is 14.6 Å². The van der Waals surface area contributed by atoms with E-state index in [1.807, 2.05) is 32.0 Å². The van der Waals surface area contributed by atoms with E-state index in [1.54, 1.807) is 23.1 Å². The Kier molecular flexibility index (Phi) is 5.11. The van der Waals surface area contributed by atoms with Crippen LogP contribution < -0.4 is 14.4 Å². The zero-order valence-electron chi connectivity index (χ0n) is 14.8. The lowest BCUT2D eigenvalue weighted by Gasteiger charge is -2.20. The summed E-state index contributed by atoms with van der Waals surface area (Å²) in [6, 6.07) is 10.9. The molecule has 0 spiro atoms. The number of para-hydroxylation sites is 1. The average Bonchev–Trinajstić information content (AvgIpc) is 3.05. The lowest BCUT2D eigenvalue weighted by atomic mass is 10.1. The van der Waals surface area contributed by atoms with Crippen LogP contribution in [0.5, 0.6) is 11.5 Å². The minimum atomic E-state index is -1.07. The third-order valence-electron chi connectivity index (χ3n) is 4.28. The lowest BCUT2D eigenvalue weighted by molar-refractivity contribution is -0.139. The average molecular weight is 355 g/mol. The van der Waals surface area contributed by atoms with E-state index in [0.29, 0.717) is 30.2 Å². The summed E-state index contributed by atoms with van der Waals surface area (Å²) >= 11 is 0. The number of carboxylic acid groups (broad SMARTS) is 1. The number of amides is 1. The van der Waals surface area contributed by atoms with Crippen molar-refractivity contribution in [3.8, 4) is 11.5 Å². The van der Waals surface area contributed by atoms with Gasteiger partial charge in [0.1, 0.15) is 0 Å². The molecule has 0 atom stereocenters. The van der Waals surface area contributed by atoms with E-state index >= 15 is 0 Å². The van der Waals surface area contributed by atoms with Gasteiger partial charge in [-0.1, -0.05) is 18.2 Å². The van der Waals surface area contributed by atoms with Gasteiger partial charge in [-0.15, -0.1) is 0 Å². The molecule has 6 nitrogen and oxygen atoms in total. The van der Waals surface area contributed by atoms with Gasteiger partial charge in [0.25, 0.3) is 5.91 Å². The Bertz CT molecular complexity index is 846.